The van der Waals surface area contributed by atoms with Gasteiger partial charge in [0.05, 0.1) is 11.0 Å². The van der Waals surface area contributed by atoms with Crippen LogP contribution in [0.5, 0.6) is 0 Å². The van der Waals surface area contributed by atoms with Gasteiger partial charge in [-0.1, -0.05) is 12.1 Å². The Kier molecular flexibility index (Phi) is 10.7. The van der Waals surface area contributed by atoms with Crippen molar-refractivity contribution in [1.29, 1.82) is 0 Å². The van der Waals surface area contributed by atoms with Crippen LogP contribution in [-0.2, 0) is 23.1 Å². The van der Waals surface area contributed by atoms with Crippen molar-refractivity contribution in [3.05, 3.63) is 30.1 Å². The summed E-state index contributed by atoms with van der Waals surface area (Å²) in [6.07, 6.45) is 3.20. The minimum atomic E-state index is 0. The summed E-state index contributed by atoms with van der Waals surface area (Å²) < 4.78 is 13.3. The Bertz CT molecular complexity index is 759. The van der Waals surface area contributed by atoms with E-state index < -0.39 is 0 Å². The highest BCUT2D eigenvalue weighted by Crippen LogP contribution is 2.15. The molecular weight excluding hydrogens is 481 g/mol. The monoisotopic (exact) mass is 515 g/mol. The number of aliphatic imine (C=N–C) groups is 1. The molecule has 0 saturated carbocycles. The number of guanidine groups is 1. The first-order valence-corrected chi connectivity index (χ1v) is 10.4. The summed E-state index contributed by atoms with van der Waals surface area (Å²) in [5, 5.41) is 6.68. The van der Waals surface area contributed by atoms with E-state index in [4.69, 9.17) is 9.47 Å². The molecule has 0 bridgehead atoms. The largest absolute Gasteiger partial charge is 0.381 e. The van der Waals surface area contributed by atoms with Crippen LogP contribution < -0.4 is 10.6 Å². The van der Waals surface area contributed by atoms with E-state index in [1.165, 1.54) is 0 Å². The van der Waals surface area contributed by atoms with E-state index in [0.717, 1.165) is 81.6 Å². The molecule has 8 heteroatoms. The number of benzene rings is 1. The quantitative estimate of drug-likeness (QED) is 0.233. The summed E-state index contributed by atoms with van der Waals surface area (Å²) in [7, 11) is 2.04. The van der Waals surface area contributed by atoms with Gasteiger partial charge >= 0.3 is 0 Å². The van der Waals surface area contributed by atoms with Crippen molar-refractivity contribution in [2.24, 2.45) is 18.0 Å². The second-order valence-electron chi connectivity index (χ2n) is 7.18. The number of nitrogens with one attached hydrogen (secondary N) is 2. The molecule has 2 heterocycles. The van der Waals surface area contributed by atoms with E-state index in [0.29, 0.717) is 12.5 Å². The van der Waals surface area contributed by atoms with Crippen molar-refractivity contribution in [2.45, 2.75) is 32.7 Å². The molecule has 0 radical (unpaired) electrons. The van der Waals surface area contributed by atoms with E-state index in [2.05, 4.69) is 38.2 Å². The predicted molar refractivity (Wildman–Crippen MR) is 128 cm³/mol. The summed E-state index contributed by atoms with van der Waals surface area (Å²) in [6, 6.07) is 8.16. The number of hydrogen-bond donors (Lipinski definition) is 2. The van der Waals surface area contributed by atoms with Gasteiger partial charge in [0, 0.05) is 46.6 Å². The van der Waals surface area contributed by atoms with Gasteiger partial charge in [0.2, 0.25) is 0 Å². The minimum absolute atomic E-state index is 0. The number of nitrogens with zero attached hydrogens (tertiary/aromatic N) is 3. The molecule has 1 aliphatic heterocycles. The number of imidazole rings is 1. The Morgan fingerprint density at radius 2 is 2.07 bits per heavy atom. The van der Waals surface area contributed by atoms with Crippen molar-refractivity contribution in [1.82, 2.24) is 20.2 Å². The van der Waals surface area contributed by atoms with Gasteiger partial charge in [0.15, 0.2) is 5.96 Å². The lowest BCUT2D eigenvalue weighted by molar-refractivity contribution is 0.0203. The lowest BCUT2D eigenvalue weighted by atomic mass is 10.0. The van der Waals surface area contributed by atoms with Crippen LogP contribution >= 0.6 is 24.0 Å². The molecule has 7 nitrogen and oxygen atoms in total. The maximum absolute atomic E-state index is 5.82. The first-order valence-electron chi connectivity index (χ1n) is 10.4. The van der Waals surface area contributed by atoms with E-state index in [1.807, 2.05) is 25.2 Å². The molecule has 1 aromatic heterocycles. The minimum Gasteiger partial charge on any atom is -0.381 e. The van der Waals surface area contributed by atoms with Gasteiger partial charge in [-0.05, 0) is 44.2 Å². The number of halogens is 1. The van der Waals surface area contributed by atoms with Crippen molar-refractivity contribution >= 4 is 41.0 Å². The Morgan fingerprint density at radius 1 is 1.28 bits per heavy atom. The van der Waals surface area contributed by atoms with Gasteiger partial charge in [-0.3, -0.25) is 0 Å². The fourth-order valence-electron chi connectivity index (χ4n) is 3.37. The number of ether oxygens (including phenoxy) is 2. The number of aryl methyl sites for hydroxylation is 1. The molecule has 0 amide bonds. The van der Waals surface area contributed by atoms with Crippen LogP contribution in [0.4, 0.5) is 0 Å². The van der Waals surface area contributed by atoms with Crippen molar-refractivity contribution in [2.75, 3.05) is 39.5 Å². The van der Waals surface area contributed by atoms with Gasteiger partial charge in [-0.15, -0.1) is 24.0 Å². The molecule has 29 heavy (non-hydrogen) atoms. The van der Waals surface area contributed by atoms with Crippen LogP contribution in [0.1, 0.15) is 32.0 Å². The maximum Gasteiger partial charge on any atom is 0.191 e. The molecule has 1 aromatic carbocycles. The van der Waals surface area contributed by atoms with Crippen LogP contribution in [0.3, 0.4) is 0 Å². The van der Waals surface area contributed by atoms with Crippen molar-refractivity contribution in [3.63, 3.8) is 0 Å². The number of aromatic nitrogens is 2. The third-order valence-electron chi connectivity index (χ3n) is 5.05. The zero-order valence-corrected chi connectivity index (χ0v) is 19.9. The van der Waals surface area contributed by atoms with Gasteiger partial charge in [0.1, 0.15) is 12.4 Å². The lowest BCUT2D eigenvalue weighted by Crippen LogP contribution is -2.38. The van der Waals surface area contributed by atoms with Crippen LogP contribution in [0, 0.1) is 5.92 Å². The lowest BCUT2D eigenvalue weighted by Gasteiger charge is -2.21. The first-order chi connectivity index (χ1) is 13.8. The van der Waals surface area contributed by atoms with Gasteiger partial charge in [-0.2, -0.15) is 0 Å². The molecule has 2 N–H and O–H groups in total. The summed E-state index contributed by atoms with van der Waals surface area (Å²) in [5.41, 5.74) is 2.14. The van der Waals surface area contributed by atoms with E-state index >= 15 is 0 Å². The van der Waals surface area contributed by atoms with E-state index in [-0.39, 0.29) is 24.0 Å². The molecule has 0 spiro atoms. The second kappa shape index (κ2) is 13.0. The highest BCUT2D eigenvalue weighted by molar-refractivity contribution is 14.0. The SMILES string of the molecule is CCNC(=NCc1nc2ccccc2n1C)NCCCOCC1CCOCC1.I. The maximum atomic E-state index is 5.82. The van der Waals surface area contributed by atoms with Crippen LogP contribution in [0.15, 0.2) is 29.3 Å². The molecule has 2 aromatic rings. The van der Waals surface area contributed by atoms with Crippen LogP contribution in [0.25, 0.3) is 11.0 Å². The Morgan fingerprint density at radius 3 is 2.83 bits per heavy atom. The molecule has 1 fully saturated rings. The zero-order chi connectivity index (χ0) is 19.6. The molecule has 0 atom stereocenters. The highest BCUT2D eigenvalue weighted by atomic mass is 127. The highest BCUT2D eigenvalue weighted by Gasteiger charge is 2.13. The molecule has 0 aliphatic carbocycles. The first kappa shape index (κ1) is 23.9. The molecular formula is C21H34IN5O2. The van der Waals surface area contributed by atoms with Crippen molar-refractivity contribution < 1.29 is 9.47 Å². The van der Waals surface area contributed by atoms with Gasteiger partial charge < -0.3 is 24.7 Å². The molecule has 3 rings (SSSR count). The standard InChI is InChI=1S/C21H33N5O2.HI/c1-3-22-21(23-11-6-12-28-16-17-9-13-27-14-10-17)24-15-20-25-18-7-4-5-8-19(18)26(20)2;/h4-5,7-8,17H,3,6,9-16H2,1-2H3,(H2,22,23,24);1H. The third-order valence-corrected chi connectivity index (χ3v) is 5.05. The van der Waals surface area contributed by atoms with Gasteiger partial charge in [-0.25, -0.2) is 9.98 Å². The fourth-order valence-corrected chi connectivity index (χ4v) is 3.37. The zero-order valence-electron chi connectivity index (χ0n) is 17.5. The Labute approximate surface area is 190 Å². The summed E-state index contributed by atoms with van der Waals surface area (Å²) in [4.78, 5) is 9.37. The number of hydrogen-bond acceptors (Lipinski definition) is 4. The van der Waals surface area contributed by atoms with Crippen LogP contribution in [-0.4, -0.2) is 55.0 Å². The Balaban J connectivity index is 0.00000300. The molecule has 1 aliphatic rings. The molecule has 0 unspecified atom stereocenters. The third kappa shape index (κ3) is 7.42. The average Bonchev–Trinajstić information content (AvgIpc) is 3.05. The van der Waals surface area contributed by atoms with E-state index in [9.17, 15) is 0 Å². The smallest absolute Gasteiger partial charge is 0.191 e. The predicted octanol–water partition coefficient (Wildman–Crippen LogP) is 3.08. The molecule has 162 valence electrons. The van der Waals surface area contributed by atoms with E-state index in [1.54, 1.807) is 0 Å². The van der Waals surface area contributed by atoms with Gasteiger partial charge in [0.25, 0.3) is 0 Å². The van der Waals surface area contributed by atoms with Crippen molar-refractivity contribution in [3.8, 4) is 0 Å². The summed E-state index contributed by atoms with van der Waals surface area (Å²) in [5.74, 6) is 2.44. The topological polar surface area (TPSA) is 72.7 Å². The number of rotatable bonds is 9. The fraction of sp³-hybridized carbons (Fsp3) is 0.619. The second-order valence-corrected chi connectivity index (χ2v) is 7.18. The number of fused-ring (bicyclic) bond motifs is 1. The normalized spacial score (nSPS) is 15.3. The Hall–Kier alpha value is -1.39. The number of para-hydroxylation sites is 2. The average molecular weight is 515 g/mol. The molecule has 1 saturated heterocycles. The van der Waals surface area contributed by atoms with Crippen LogP contribution in [0.2, 0.25) is 0 Å². The summed E-state index contributed by atoms with van der Waals surface area (Å²) in [6.45, 7) is 7.66. The summed E-state index contributed by atoms with van der Waals surface area (Å²) >= 11 is 0.